The van der Waals surface area contributed by atoms with Crippen molar-refractivity contribution in [2.45, 2.75) is 46.7 Å². The van der Waals surface area contributed by atoms with Crippen LogP contribution in [0.1, 0.15) is 71.9 Å². The molecule has 0 atom stereocenters. The second-order valence-corrected chi connectivity index (χ2v) is 24.5. The molecule has 9 aromatic rings. The van der Waals surface area contributed by atoms with Crippen LogP contribution in [0, 0.1) is 20.8 Å². The van der Waals surface area contributed by atoms with Gasteiger partial charge in [-0.1, -0.05) is 55.4 Å². The molecule has 0 unspecified atom stereocenters. The highest BCUT2D eigenvalue weighted by Gasteiger charge is 2.37. The van der Waals surface area contributed by atoms with Crippen LogP contribution in [-0.4, -0.2) is 133 Å². The van der Waals surface area contributed by atoms with E-state index < -0.39 is 52.9 Å². The molecule has 21 nitrogen and oxygen atoms in total. The molecular weight excluding hydrogens is 1430 g/mol. The summed E-state index contributed by atoms with van der Waals surface area (Å²) in [5.74, 6) is -0.771. The molecule has 0 aliphatic carbocycles. The number of aromatic nitrogens is 3. The fraction of sp³-hybridized carbons (Fsp3) is 0.289. The molecule has 3 fully saturated rings. The number of nitrogens with one attached hydrogen (secondary N) is 8. The van der Waals surface area contributed by atoms with Crippen molar-refractivity contribution >= 4 is 109 Å². The van der Waals surface area contributed by atoms with Crippen LogP contribution in [0.4, 0.5) is 119 Å². The van der Waals surface area contributed by atoms with Crippen molar-refractivity contribution in [3.05, 3.63) is 219 Å². The third kappa shape index (κ3) is 22.3. The Morgan fingerprint density at radius 2 is 0.692 bits per heavy atom. The maximum Gasteiger partial charge on any atom is 0.419 e. The van der Waals surface area contributed by atoms with Crippen LogP contribution in [0.2, 0.25) is 5.15 Å². The highest BCUT2D eigenvalue weighted by atomic mass is 35.5. The number of ether oxygens (including phenoxy) is 3. The van der Waals surface area contributed by atoms with Crippen molar-refractivity contribution in [1.82, 2.24) is 30.9 Å². The van der Waals surface area contributed by atoms with E-state index in [2.05, 4.69) is 84.3 Å². The number of nitrogen functional groups attached to an aromatic ring is 1. The molecule has 0 bridgehead atoms. The molecule has 12 rings (SSSR count). The standard InChI is InChI=1S/2C25H26F3N5O2.C14H11ClF3N3O.C11H16N2O.CH4/c2*1-16-13-17(33-9-11-35-12-10-33)7-8-20(16)32-23-14-22(19(15-30-23)25(26,27)28)31-21-6-4-3-5-18(21)24(34)29-2;1-19-13(22)8-4-2-3-5-10(8)21-11-6-12(15)20-7-9(11)14(16,17)18;1-9-8-10(2-3-11(9)12)13-4-6-14-7-5-13;/h2*3-8,13-15H,9-12H2,1-2H3,(H,29,34)(H2,30,31,32);2-7H,1H3,(H,19,22)(H,20,21);2-3,8H,4-7,12H2,1H3;1H4. The van der Waals surface area contributed by atoms with E-state index in [1.807, 2.05) is 63.2 Å². The van der Waals surface area contributed by atoms with Gasteiger partial charge in [0.25, 0.3) is 17.7 Å². The molecule has 3 saturated heterocycles. The number of halogens is 10. The molecule has 568 valence electrons. The monoisotopic (exact) mass is 1510 g/mol. The van der Waals surface area contributed by atoms with Crippen molar-refractivity contribution in [3.63, 3.8) is 0 Å². The summed E-state index contributed by atoms with van der Waals surface area (Å²) in [7, 11) is 4.35. The van der Waals surface area contributed by atoms with Gasteiger partial charge >= 0.3 is 18.5 Å². The van der Waals surface area contributed by atoms with Crippen LogP contribution < -0.4 is 63.0 Å². The Bertz CT molecular complexity index is 4330. The number of carbonyl (C=O) groups excluding carboxylic acids is 3. The Balaban J connectivity index is 0.000000188. The number of para-hydroxylation sites is 3. The van der Waals surface area contributed by atoms with Gasteiger partial charge in [0, 0.05) is 125 Å². The first-order chi connectivity index (χ1) is 50.6. The van der Waals surface area contributed by atoms with Crippen LogP contribution in [-0.2, 0) is 32.7 Å². The second kappa shape index (κ2) is 37.3. The molecule has 31 heteroatoms. The lowest BCUT2D eigenvalue weighted by molar-refractivity contribution is -0.138. The Morgan fingerprint density at radius 1 is 0.393 bits per heavy atom. The van der Waals surface area contributed by atoms with Crippen LogP contribution in [0.15, 0.2) is 164 Å². The second-order valence-electron chi connectivity index (χ2n) is 24.1. The van der Waals surface area contributed by atoms with Crippen LogP contribution in [0.3, 0.4) is 0 Å². The first-order valence-electron chi connectivity index (χ1n) is 33.3. The van der Waals surface area contributed by atoms with Crippen LogP contribution in [0.5, 0.6) is 0 Å². The molecule has 0 saturated carbocycles. The highest BCUT2D eigenvalue weighted by molar-refractivity contribution is 6.29. The average molecular weight is 1510 g/mol. The predicted octanol–water partition coefficient (Wildman–Crippen LogP) is 16.1. The third-order valence-corrected chi connectivity index (χ3v) is 17.1. The maximum absolute atomic E-state index is 13.7. The van der Waals surface area contributed by atoms with Crippen LogP contribution >= 0.6 is 11.6 Å². The number of benzene rings is 6. The molecule has 3 aliphatic heterocycles. The number of hydrogen-bond acceptors (Lipinski definition) is 18. The minimum absolute atomic E-state index is 0. The maximum atomic E-state index is 13.7. The number of morpholine rings is 3. The third-order valence-electron chi connectivity index (χ3n) is 16.9. The smallest absolute Gasteiger partial charge is 0.399 e. The molecule has 10 N–H and O–H groups in total. The minimum atomic E-state index is -4.63. The molecule has 6 aromatic carbocycles. The topological polar surface area (TPSA) is 250 Å². The number of nitrogens with zero attached hydrogens (tertiary/aromatic N) is 6. The van der Waals surface area contributed by atoms with Crippen molar-refractivity contribution in [2.24, 2.45) is 0 Å². The zero-order chi connectivity index (χ0) is 76.3. The van der Waals surface area contributed by atoms with Gasteiger partial charge in [-0.25, -0.2) is 15.0 Å². The molecule has 0 spiro atoms. The van der Waals surface area contributed by atoms with Crippen molar-refractivity contribution in [1.29, 1.82) is 0 Å². The molecular formula is C76H83ClF9N15O6. The summed E-state index contributed by atoms with van der Waals surface area (Å²) in [4.78, 5) is 54.3. The molecule has 3 aromatic heterocycles. The molecule has 107 heavy (non-hydrogen) atoms. The fourth-order valence-electron chi connectivity index (χ4n) is 11.2. The minimum Gasteiger partial charge on any atom is -0.399 e. The lowest BCUT2D eigenvalue weighted by Crippen LogP contribution is -2.36. The van der Waals surface area contributed by atoms with Gasteiger partial charge < -0.3 is 77.2 Å². The number of amides is 3. The summed E-state index contributed by atoms with van der Waals surface area (Å²) in [6.45, 7) is 15.4. The number of carbonyl (C=O) groups is 3. The normalized spacial score (nSPS) is 13.6. The van der Waals surface area contributed by atoms with E-state index >= 15 is 0 Å². The van der Waals surface area contributed by atoms with Gasteiger partial charge in [-0.15, -0.1) is 0 Å². The van der Waals surface area contributed by atoms with E-state index in [9.17, 15) is 53.9 Å². The van der Waals surface area contributed by atoms with E-state index in [0.717, 1.165) is 116 Å². The Labute approximate surface area is 618 Å². The summed E-state index contributed by atoms with van der Waals surface area (Å²) >= 11 is 5.67. The van der Waals surface area contributed by atoms with E-state index in [0.29, 0.717) is 32.6 Å². The van der Waals surface area contributed by atoms with E-state index in [1.165, 1.54) is 63.2 Å². The average Bonchev–Trinajstić information content (AvgIpc) is 0.808. The number of nitrogens with two attached hydrogens (primary N) is 1. The lowest BCUT2D eigenvalue weighted by Gasteiger charge is -2.29. The number of aryl methyl sites for hydroxylation is 3. The Hall–Kier alpha value is -11.1. The van der Waals surface area contributed by atoms with Crippen molar-refractivity contribution < 1.29 is 68.1 Å². The Morgan fingerprint density at radius 3 is 1.00 bits per heavy atom. The van der Waals surface area contributed by atoms with Gasteiger partial charge in [0.05, 0.1) is 107 Å². The summed E-state index contributed by atoms with van der Waals surface area (Å²) in [5.41, 5.74) is 12.3. The lowest BCUT2D eigenvalue weighted by atomic mass is 10.1. The fourth-order valence-corrected chi connectivity index (χ4v) is 11.4. The summed E-state index contributed by atoms with van der Waals surface area (Å²) < 4.78 is 137. The van der Waals surface area contributed by atoms with Gasteiger partial charge in [-0.3, -0.25) is 14.4 Å². The number of alkyl halides is 9. The molecule has 0 radical (unpaired) electrons. The zero-order valence-corrected chi connectivity index (χ0v) is 59.3. The van der Waals surface area contributed by atoms with Crippen molar-refractivity contribution in [3.8, 4) is 0 Å². The highest BCUT2D eigenvalue weighted by Crippen LogP contribution is 2.42. The van der Waals surface area contributed by atoms with Crippen LogP contribution in [0.25, 0.3) is 0 Å². The molecule has 6 heterocycles. The molecule has 3 amide bonds. The van der Waals surface area contributed by atoms with Gasteiger partial charge in [0.15, 0.2) is 0 Å². The summed E-state index contributed by atoms with van der Waals surface area (Å²) in [5, 5.41) is 21.7. The van der Waals surface area contributed by atoms with Gasteiger partial charge in [-0.05, 0) is 135 Å². The van der Waals surface area contributed by atoms with Gasteiger partial charge in [0.1, 0.15) is 16.8 Å². The summed E-state index contributed by atoms with van der Waals surface area (Å²) in [6, 6.07) is 40.5. The van der Waals surface area contributed by atoms with E-state index in [4.69, 9.17) is 31.5 Å². The predicted molar refractivity (Wildman–Crippen MR) is 402 cm³/mol. The van der Waals surface area contributed by atoms with E-state index in [-0.39, 0.29) is 75.0 Å². The number of rotatable bonds is 16. The number of anilines is 14. The zero-order valence-electron chi connectivity index (χ0n) is 58.6. The SMILES string of the molecule is C.CNC(=O)c1ccccc1Nc1cc(Cl)ncc1C(F)(F)F.CNC(=O)c1ccccc1Nc1cc(Nc2ccc(N3CCOCC3)cc2C)ncc1C(F)(F)F.CNC(=O)c1ccccc1Nc1cc(Nc2ccc(N3CCOCC3)cc2C)ncc1C(F)(F)F.Cc1cc(N2CCOCC2)ccc1N. The number of pyridine rings is 3. The van der Waals surface area contributed by atoms with Gasteiger partial charge in [-0.2, -0.15) is 39.5 Å². The first kappa shape index (κ1) is 81.6. The summed E-state index contributed by atoms with van der Waals surface area (Å²) in [6.07, 6.45) is -11.7. The first-order valence-corrected chi connectivity index (χ1v) is 33.7. The molecule has 3 aliphatic rings. The van der Waals surface area contributed by atoms with Gasteiger partial charge in [0.2, 0.25) is 0 Å². The number of hydrogen-bond donors (Lipinski definition) is 9. The van der Waals surface area contributed by atoms with E-state index in [1.54, 1.807) is 48.5 Å². The van der Waals surface area contributed by atoms with Crippen molar-refractivity contribution in [2.75, 3.05) is 147 Å². The quantitative estimate of drug-likeness (QED) is 0.0248. The Kier molecular flexibility index (Phi) is 28.4. The largest absolute Gasteiger partial charge is 0.419 e.